The van der Waals surface area contributed by atoms with Crippen molar-refractivity contribution < 1.29 is 13.2 Å². The van der Waals surface area contributed by atoms with Gasteiger partial charge in [0.15, 0.2) is 0 Å². The van der Waals surface area contributed by atoms with Crippen molar-refractivity contribution in [3.63, 3.8) is 0 Å². The predicted octanol–water partition coefficient (Wildman–Crippen LogP) is 2.14. The molecular weight excluding hydrogens is 238 g/mol. The molecule has 4 nitrogen and oxygen atoms in total. The first-order chi connectivity index (χ1) is 7.60. The van der Waals surface area contributed by atoms with Gasteiger partial charge >= 0.3 is 0 Å². The van der Waals surface area contributed by atoms with Gasteiger partial charge in [0.05, 0.1) is 5.75 Å². The summed E-state index contributed by atoms with van der Waals surface area (Å²) in [4.78, 5) is 0. The maximum atomic E-state index is 10.8. The first-order valence-electron chi connectivity index (χ1n) is 6.18. The van der Waals surface area contributed by atoms with E-state index in [-0.39, 0.29) is 5.75 Å². The lowest BCUT2D eigenvalue weighted by molar-refractivity contribution is 0.0982. The molecule has 0 rings (SSSR count). The van der Waals surface area contributed by atoms with E-state index >= 15 is 0 Å². The van der Waals surface area contributed by atoms with Crippen LogP contribution in [0.25, 0.3) is 0 Å². The SMILES string of the molecule is CC(CCOCCC(C)(C)C)CCS(N)(=O)=O. The van der Waals surface area contributed by atoms with Crippen LogP contribution in [0.4, 0.5) is 0 Å². The van der Waals surface area contributed by atoms with Gasteiger partial charge in [0.2, 0.25) is 10.0 Å². The summed E-state index contributed by atoms with van der Waals surface area (Å²) < 4.78 is 27.1. The van der Waals surface area contributed by atoms with Crippen LogP contribution in [0, 0.1) is 11.3 Å². The van der Waals surface area contributed by atoms with Crippen LogP contribution in [-0.4, -0.2) is 27.4 Å². The first kappa shape index (κ1) is 16.9. The van der Waals surface area contributed by atoms with Gasteiger partial charge in [-0.2, -0.15) is 0 Å². The summed E-state index contributed by atoms with van der Waals surface area (Å²) in [5, 5.41) is 4.95. The van der Waals surface area contributed by atoms with E-state index in [0.29, 0.717) is 24.4 Å². The zero-order valence-electron chi connectivity index (χ0n) is 11.5. The maximum absolute atomic E-state index is 10.8. The molecule has 1 unspecified atom stereocenters. The molecule has 0 aromatic rings. The van der Waals surface area contributed by atoms with Crippen LogP contribution in [0.15, 0.2) is 0 Å². The van der Waals surface area contributed by atoms with Crippen LogP contribution < -0.4 is 5.14 Å². The topological polar surface area (TPSA) is 69.4 Å². The van der Waals surface area contributed by atoms with E-state index in [2.05, 4.69) is 20.8 Å². The lowest BCUT2D eigenvalue weighted by Gasteiger charge is -2.18. The molecule has 0 saturated heterocycles. The van der Waals surface area contributed by atoms with Crippen LogP contribution in [0.3, 0.4) is 0 Å². The molecule has 0 fully saturated rings. The molecule has 5 heteroatoms. The minimum Gasteiger partial charge on any atom is -0.381 e. The third-order valence-corrected chi connectivity index (χ3v) is 3.45. The van der Waals surface area contributed by atoms with E-state index in [1.165, 1.54) is 0 Å². The Hall–Kier alpha value is -0.130. The summed E-state index contributed by atoms with van der Waals surface area (Å²) in [5.74, 6) is 0.402. The van der Waals surface area contributed by atoms with Gasteiger partial charge in [-0.1, -0.05) is 27.7 Å². The largest absolute Gasteiger partial charge is 0.381 e. The van der Waals surface area contributed by atoms with Crippen LogP contribution in [0.1, 0.15) is 47.0 Å². The number of sulfonamides is 1. The lowest BCUT2D eigenvalue weighted by atomic mass is 9.93. The molecule has 0 spiro atoms. The average Bonchev–Trinajstić information content (AvgIpc) is 2.11. The molecule has 0 aliphatic heterocycles. The Balaban J connectivity index is 3.49. The van der Waals surface area contributed by atoms with Crippen molar-refractivity contribution >= 4 is 10.0 Å². The van der Waals surface area contributed by atoms with Gasteiger partial charge in [-0.3, -0.25) is 0 Å². The Morgan fingerprint density at radius 3 is 2.24 bits per heavy atom. The van der Waals surface area contributed by atoms with E-state index in [0.717, 1.165) is 19.4 Å². The molecule has 0 aliphatic rings. The standard InChI is InChI=1S/C12H27NO3S/c1-11(6-10-17(13,14)15)5-8-16-9-7-12(2,3)4/h11H,5-10H2,1-4H3,(H2,13,14,15). The van der Waals surface area contributed by atoms with E-state index in [1.54, 1.807) is 0 Å². The third kappa shape index (κ3) is 13.8. The lowest BCUT2D eigenvalue weighted by Crippen LogP contribution is -2.18. The molecule has 0 aliphatic carbocycles. The van der Waals surface area contributed by atoms with Crippen molar-refractivity contribution in [3.8, 4) is 0 Å². The number of ether oxygens (including phenoxy) is 1. The Kier molecular flexibility index (Phi) is 7.28. The fourth-order valence-corrected chi connectivity index (χ4v) is 2.01. The molecular formula is C12H27NO3S. The number of rotatable bonds is 8. The van der Waals surface area contributed by atoms with Crippen molar-refractivity contribution in [1.29, 1.82) is 0 Å². The highest BCUT2D eigenvalue weighted by Gasteiger charge is 2.10. The van der Waals surface area contributed by atoms with Gasteiger partial charge < -0.3 is 4.74 Å². The van der Waals surface area contributed by atoms with Crippen molar-refractivity contribution in [2.75, 3.05) is 19.0 Å². The fraction of sp³-hybridized carbons (Fsp3) is 1.00. The van der Waals surface area contributed by atoms with Gasteiger partial charge in [0.25, 0.3) is 0 Å². The summed E-state index contributed by atoms with van der Waals surface area (Å²) in [6, 6.07) is 0. The van der Waals surface area contributed by atoms with Gasteiger partial charge in [-0.15, -0.1) is 0 Å². The fourth-order valence-electron chi connectivity index (χ4n) is 1.27. The maximum Gasteiger partial charge on any atom is 0.209 e. The summed E-state index contributed by atoms with van der Waals surface area (Å²) in [7, 11) is -3.31. The monoisotopic (exact) mass is 265 g/mol. The van der Waals surface area contributed by atoms with Crippen molar-refractivity contribution in [2.45, 2.75) is 47.0 Å². The molecule has 0 radical (unpaired) electrons. The zero-order valence-corrected chi connectivity index (χ0v) is 12.3. The molecule has 104 valence electrons. The Morgan fingerprint density at radius 2 is 1.76 bits per heavy atom. The minimum absolute atomic E-state index is 0.0656. The Bertz CT molecular complexity index is 293. The van der Waals surface area contributed by atoms with Crippen LogP contribution >= 0.6 is 0 Å². The van der Waals surface area contributed by atoms with E-state index < -0.39 is 10.0 Å². The average molecular weight is 265 g/mol. The third-order valence-electron chi connectivity index (χ3n) is 2.65. The molecule has 0 aromatic carbocycles. The Labute approximate surface area is 106 Å². The molecule has 0 saturated carbocycles. The van der Waals surface area contributed by atoms with Crippen molar-refractivity contribution in [3.05, 3.63) is 0 Å². The second kappa shape index (κ2) is 7.34. The summed E-state index contributed by atoms with van der Waals surface area (Å²) in [6.45, 7) is 10.0. The van der Waals surface area contributed by atoms with Crippen LogP contribution in [0.2, 0.25) is 0 Å². The number of hydrogen-bond donors (Lipinski definition) is 1. The van der Waals surface area contributed by atoms with Crippen LogP contribution in [-0.2, 0) is 14.8 Å². The van der Waals surface area contributed by atoms with E-state index in [1.807, 2.05) is 6.92 Å². The molecule has 0 heterocycles. The smallest absolute Gasteiger partial charge is 0.209 e. The van der Waals surface area contributed by atoms with Gasteiger partial charge in [-0.05, 0) is 30.6 Å². The van der Waals surface area contributed by atoms with Crippen LogP contribution in [0.5, 0.6) is 0 Å². The number of nitrogens with two attached hydrogens (primary N) is 1. The minimum atomic E-state index is -3.31. The molecule has 1 atom stereocenters. The van der Waals surface area contributed by atoms with E-state index in [4.69, 9.17) is 9.88 Å². The number of hydrogen-bond acceptors (Lipinski definition) is 3. The summed E-state index contributed by atoms with van der Waals surface area (Å²) in [5.41, 5.74) is 0.305. The summed E-state index contributed by atoms with van der Waals surface area (Å²) >= 11 is 0. The molecule has 17 heavy (non-hydrogen) atoms. The second-order valence-corrected chi connectivity index (χ2v) is 7.71. The highest BCUT2D eigenvalue weighted by atomic mass is 32.2. The highest BCUT2D eigenvalue weighted by Crippen LogP contribution is 2.18. The van der Waals surface area contributed by atoms with Gasteiger partial charge in [0, 0.05) is 13.2 Å². The second-order valence-electron chi connectivity index (χ2n) is 5.97. The molecule has 2 N–H and O–H groups in total. The Morgan fingerprint density at radius 1 is 1.18 bits per heavy atom. The normalized spacial score (nSPS) is 14.9. The highest BCUT2D eigenvalue weighted by molar-refractivity contribution is 7.89. The van der Waals surface area contributed by atoms with Gasteiger partial charge in [0.1, 0.15) is 0 Å². The molecule has 0 amide bonds. The van der Waals surface area contributed by atoms with Crippen molar-refractivity contribution in [1.82, 2.24) is 0 Å². The number of primary sulfonamides is 1. The first-order valence-corrected chi connectivity index (χ1v) is 7.90. The zero-order chi connectivity index (χ0) is 13.5. The molecule has 0 bridgehead atoms. The summed E-state index contributed by atoms with van der Waals surface area (Å²) in [6.07, 6.45) is 2.54. The van der Waals surface area contributed by atoms with Crippen molar-refractivity contribution in [2.24, 2.45) is 16.5 Å². The van der Waals surface area contributed by atoms with E-state index in [9.17, 15) is 8.42 Å². The van der Waals surface area contributed by atoms with Gasteiger partial charge in [-0.25, -0.2) is 13.6 Å². The quantitative estimate of drug-likeness (QED) is 0.684. The predicted molar refractivity (Wildman–Crippen MR) is 71.3 cm³/mol. The molecule has 0 aromatic heterocycles.